The summed E-state index contributed by atoms with van der Waals surface area (Å²) in [6, 6.07) is 7.37. The lowest BCUT2D eigenvalue weighted by Gasteiger charge is -2.05. The number of halogens is 2. The lowest BCUT2D eigenvalue weighted by molar-refractivity contribution is 0.0518. The number of carbonyl (C=O) groups is 1. The van der Waals surface area contributed by atoms with Gasteiger partial charge in [0.15, 0.2) is 5.69 Å². The maximum atomic E-state index is 12.1. The van der Waals surface area contributed by atoms with Crippen LogP contribution in [0.3, 0.4) is 0 Å². The fourth-order valence-corrected chi connectivity index (χ4v) is 2.43. The molecule has 7 heteroatoms. The Morgan fingerprint density at radius 2 is 2.09 bits per heavy atom. The molecule has 1 aromatic carbocycles. The number of hydrogen-bond donors (Lipinski definition) is 0. The van der Waals surface area contributed by atoms with Crippen LogP contribution in [0.4, 0.5) is 0 Å². The molecule has 122 valence electrons. The van der Waals surface area contributed by atoms with Gasteiger partial charge < -0.3 is 9.47 Å². The summed E-state index contributed by atoms with van der Waals surface area (Å²) >= 11 is 12.5. The minimum Gasteiger partial charge on any atom is -0.504 e. The maximum Gasteiger partial charge on any atom is 0.359 e. The van der Waals surface area contributed by atoms with Crippen LogP contribution in [0.25, 0.3) is 6.08 Å². The predicted octanol–water partition coefficient (Wildman–Crippen LogP) is 4.03. The van der Waals surface area contributed by atoms with Gasteiger partial charge in [0, 0.05) is 10.6 Å². The summed E-state index contributed by atoms with van der Waals surface area (Å²) in [5, 5.41) is 5.17. The van der Waals surface area contributed by atoms with Gasteiger partial charge in [0.1, 0.15) is 5.15 Å². The number of nitrogens with zero attached hydrogens (tertiary/aromatic N) is 2. The standard InChI is InChI=1S/C16H16Cl2N2O3/c1-3-23-16(21)14-12(8-9-22-2)15(18)20(19-14)10-11-6-4-5-7-13(11)17/h4-9H,3,10H2,1-2H3. The molecule has 0 spiro atoms. The zero-order valence-electron chi connectivity index (χ0n) is 12.8. The van der Waals surface area contributed by atoms with Crippen LogP contribution in [0, 0.1) is 0 Å². The highest BCUT2D eigenvalue weighted by Gasteiger charge is 2.22. The van der Waals surface area contributed by atoms with Gasteiger partial charge in [-0.2, -0.15) is 5.10 Å². The molecule has 1 aromatic heterocycles. The molecule has 0 aliphatic heterocycles. The summed E-state index contributed by atoms with van der Waals surface area (Å²) in [5.41, 5.74) is 1.42. The summed E-state index contributed by atoms with van der Waals surface area (Å²) in [4.78, 5) is 12.1. The molecule has 2 rings (SSSR count). The van der Waals surface area contributed by atoms with E-state index in [0.29, 0.717) is 22.3 Å². The quantitative estimate of drug-likeness (QED) is 0.580. The normalized spacial score (nSPS) is 11.0. The van der Waals surface area contributed by atoms with E-state index in [1.54, 1.807) is 19.1 Å². The van der Waals surface area contributed by atoms with Gasteiger partial charge >= 0.3 is 5.97 Å². The average molecular weight is 355 g/mol. The SMILES string of the molecule is CCOC(=O)c1nn(Cc2ccccc2Cl)c(Cl)c1C=COC. The molecule has 0 unspecified atom stereocenters. The minimum atomic E-state index is -0.539. The van der Waals surface area contributed by atoms with E-state index in [1.165, 1.54) is 18.1 Å². The third-order valence-corrected chi connectivity index (χ3v) is 3.81. The predicted molar refractivity (Wildman–Crippen MR) is 89.8 cm³/mol. The molecule has 0 radical (unpaired) electrons. The van der Waals surface area contributed by atoms with Crippen molar-refractivity contribution in [2.45, 2.75) is 13.5 Å². The van der Waals surface area contributed by atoms with E-state index in [9.17, 15) is 4.79 Å². The van der Waals surface area contributed by atoms with Crippen molar-refractivity contribution in [3.63, 3.8) is 0 Å². The molecular weight excluding hydrogens is 339 g/mol. The molecule has 0 saturated heterocycles. The number of hydrogen-bond acceptors (Lipinski definition) is 4. The van der Waals surface area contributed by atoms with Gasteiger partial charge in [0.2, 0.25) is 0 Å². The highest BCUT2D eigenvalue weighted by atomic mass is 35.5. The number of rotatable bonds is 6. The number of benzene rings is 1. The van der Waals surface area contributed by atoms with E-state index in [1.807, 2.05) is 18.2 Å². The van der Waals surface area contributed by atoms with E-state index in [0.717, 1.165) is 5.56 Å². The van der Waals surface area contributed by atoms with Gasteiger partial charge in [-0.25, -0.2) is 9.48 Å². The summed E-state index contributed by atoms with van der Waals surface area (Å²) in [6.45, 7) is 2.32. The summed E-state index contributed by atoms with van der Waals surface area (Å²) in [5.74, 6) is -0.539. The first-order valence-electron chi connectivity index (χ1n) is 6.94. The second kappa shape index (κ2) is 8.04. The second-order valence-corrected chi connectivity index (χ2v) is 5.33. The molecule has 0 aliphatic carbocycles. The lowest BCUT2D eigenvalue weighted by Crippen LogP contribution is -2.08. The van der Waals surface area contributed by atoms with Crippen molar-refractivity contribution in [2.24, 2.45) is 0 Å². The average Bonchev–Trinajstić information content (AvgIpc) is 2.84. The summed E-state index contributed by atoms with van der Waals surface area (Å²) in [7, 11) is 1.50. The van der Waals surface area contributed by atoms with E-state index in [-0.39, 0.29) is 12.3 Å². The molecule has 0 saturated carbocycles. The molecule has 0 amide bonds. The van der Waals surface area contributed by atoms with Crippen LogP contribution in [-0.2, 0) is 16.0 Å². The number of esters is 1. The Bertz CT molecular complexity index is 726. The van der Waals surface area contributed by atoms with Crippen LogP contribution in [0.1, 0.15) is 28.5 Å². The van der Waals surface area contributed by atoms with Crippen LogP contribution in [0.5, 0.6) is 0 Å². The number of carbonyl (C=O) groups excluding carboxylic acids is 1. The number of aromatic nitrogens is 2. The first-order chi connectivity index (χ1) is 11.1. The Hall–Kier alpha value is -1.98. The van der Waals surface area contributed by atoms with Crippen molar-refractivity contribution in [3.05, 3.63) is 57.5 Å². The van der Waals surface area contributed by atoms with E-state index in [4.69, 9.17) is 32.7 Å². The zero-order chi connectivity index (χ0) is 16.8. The maximum absolute atomic E-state index is 12.1. The molecule has 0 atom stereocenters. The molecule has 1 heterocycles. The van der Waals surface area contributed by atoms with Crippen molar-refractivity contribution in [3.8, 4) is 0 Å². The van der Waals surface area contributed by atoms with Crippen LogP contribution in [0.15, 0.2) is 30.5 Å². The summed E-state index contributed by atoms with van der Waals surface area (Å²) in [6.07, 6.45) is 3.00. The molecule has 0 N–H and O–H groups in total. The Morgan fingerprint density at radius 3 is 2.74 bits per heavy atom. The van der Waals surface area contributed by atoms with E-state index < -0.39 is 5.97 Å². The zero-order valence-corrected chi connectivity index (χ0v) is 14.3. The van der Waals surface area contributed by atoms with Gasteiger partial charge in [-0.15, -0.1) is 0 Å². The highest BCUT2D eigenvalue weighted by molar-refractivity contribution is 6.32. The van der Waals surface area contributed by atoms with Crippen molar-refractivity contribution < 1.29 is 14.3 Å². The van der Waals surface area contributed by atoms with Gasteiger partial charge in [-0.3, -0.25) is 0 Å². The van der Waals surface area contributed by atoms with Crippen LogP contribution >= 0.6 is 23.2 Å². The molecule has 23 heavy (non-hydrogen) atoms. The van der Waals surface area contributed by atoms with Crippen molar-refractivity contribution in [2.75, 3.05) is 13.7 Å². The van der Waals surface area contributed by atoms with Crippen molar-refractivity contribution in [1.82, 2.24) is 9.78 Å². The van der Waals surface area contributed by atoms with E-state index >= 15 is 0 Å². The lowest BCUT2D eigenvalue weighted by atomic mass is 10.2. The van der Waals surface area contributed by atoms with Gasteiger partial charge in [-0.05, 0) is 24.6 Å². The molecule has 2 aromatic rings. The molecule has 0 fully saturated rings. The first-order valence-corrected chi connectivity index (χ1v) is 7.70. The van der Waals surface area contributed by atoms with Crippen LogP contribution in [-0.4, -0.2) is 29.5 Å². The monoisotopic (exact) mass is 354 g/mol. The Morgan fingerprint density at radius 1 is 1.35 bits per heavy atom. The molecule has 0 aliphatic rings. The number of ether oxygens (including phenoxy) is 2. The smallest absolute Gasteiger partial charge is 0.359 e. The molecular formula is C16H16Cl2N2O3. The highest BCUT2D eigenvalue weighted by Crippen LogP contribution is 2.25. The van der Waals surface area contributed by atoms with Gasteiger partial charge in [-0.1, -0.05) is 41.4 Å². The van der Waals surface area contributed by atoms with Crippen LogP contribution in [0.2, 0.25) is 10.2 Å². The fourth-order valence-electron chi connectivity index (χ4n) is 1.98. The topological polar surface area (TPSA) is 53.3 Å². The number of methoxy groups -OCH3 is 1. The van der Waals surface area contributed by atoms with Crippen molar-refractivity contribution >= 4 is 35.2 Å². The van der Waals surface area contributed by atoms with Crippen molar-refractivity contribution in [1.29, 1.82) is 0 Å². The Balaban J connectivity index is 2.42. The Labute approximate surface area is 144 Å². The summed E-state index contributed by atoms with van der Waals surface area (Å²) < 4.78 is 11.4. The van der Waals surface area contributed by atoms with Gasteiger partial charge in [0.25, 0.3) is 0 Å². The van der Waals surface area contributed by atoms with E-state index in [2.05, 4.69) is 5.10 Å². The third kappa shape index (κ3) is 4.06. The Kier molecular flexibility index (Phi) is 6.07. The largest absolute Gasteiger partial charge is 0.504 e. The van der Waals surface area contributed by atoms with Gasteiger partial charge in [0.05, 0.1) is 26.5 Å². The first kappa shape index (κ1) is 17.4. The third-order valence-electron chi connectivity index (χ3n) is 3.04. The molecule has 0 bridgehead atoms. The molecule has 5 nitrogen and oxygen atoms in total. The second-order valence-electron chi connectivity index (χ2n) is 4.56. The fraction of sp³-hybridized carbons (Fsp3) is 0.250. The van der Waals surface area contributed by atoms with Crippen LogP contribution < -0.4 is 0 Å². The minimum absolute atomic E-state index is 0.136.